The van der Waals surface area contributed by atoms with Crippen molar-refractivity contribution in [3.05, 3.63) is 23.8 Å². The average Bonchev–Trinajstić information content (AvgIpc) is 2.57. The molecule has 124 valence electrons. The van der Waals surface area contributed by atoms with Crippen LogP contribution in [0.2, 0.25) is 0 Å². The van der Waals surface area contributed by atoms with Crippen LogP contribution in [0.15, 0.2) is 18.2 Å². The van der Waals surface area contributed by atoms with Gasteiger partial charge in [0.1, 0.15) is 11.5 Å². The van der Waals surface area contributed by atoms with Gasteiger partial charge in [0, 0.05) is 31.8 Å². The molecule has 0 spiro atoms. The number of hydrogen-bond donors (Lipinski definition) is 1. The van der Waals surface area contributed by atoms with Gasteiger partial charge < -0.3 is 20.1 Å². The van der Waals surface area contributed by atoms with Crippen LogP contribution in [-0.2, 0) is 11.3 Å². The zero-order valence-corrected chi connectivity index (χ0v) is 14.3. The molecule has 1 aromatic rings. The summed E-state index contributed by atoms with van der Waals surface area (Å²) in [5, 5.41) is 0. The second-order valence-electron chi connectivity index (χ2n) is 5.53. The van der Waals surface area contributed by atoms with Crippen LogP contribution in [-0.4, -0.2) is 38.6 Å². The molecule has 0 heterocycles. The van der Waals surface area contributed by atoms with Crippen LogP contribution in [0.3, 0.4) is 0 Å². The van der Waals surface area contributed by atoms with Gasteiger partial charge in [-0.3, -0.25) is 4.79 Å². The molecule has 1 aromatic carbocycles. The molecule has 0 unspecified atom stereocenters. The van der Waals surface area contributed by atoms with Gasteiger partial charge in [-0.2, -0.15) is 0 Å². The molecule has 0 saturated heterocycles. The number of methoxy groups -OCH3 is 2. The van der Waals surface area contributed by atoms with Crippen molar-refractivity contribution in [1.29, 1.82) is 0 Å². The molecule has 0 aliphatic rings. The molecular weight excluding hydrogens is 280 g/mol. The number of rotatable bonds is 8. The first-order chi connectivity index (χ1) is 10.5. The zero-order valence-electron chi connectivity index (χ0n) is 14.3. The Hall–Kier alpha value is -1.75. The fraction of sp³-hybridized carbons (Fsp3) is 0.588. The second-order valence-corrected chi connectivity index (χ2v) is 5.53. The van der Waals surface area contributed by atoms with Crippen LogP contribution in [0, 0.1) is 5.41 Å². The molecule has 0 fully saturated rings. The first kappa shape index (κ1) is 18.3. The van der Waals surface area contributed by atoms with E-state index < -0.39 is 5.41 Å². The van der Waals surface area contributed by atoms with Crippen LogP contribution in [0.1, 0.15) is 32.3 Å². The van der Waals surface area contributed by atoms with Crippen molar-refractivity contribution in [2.45, 2.75) is 33.2 Å². The summed E-state index contributed by atoms with van der Waals surface area (Å²) < 4.78 is 10.6. The van der Waals surface area contributed by atoms with Gasteiger partial charge in [0.2, 0.25) is 5.91 Å². The van der Waals surface area contributed by atoms with Gasteiger partial charge in [0.15, 0.2) is 0 Å². The molecule has 1 amide bonds. The molecule has 0 aromatic heterocycles. The number of hydrogen-bond acceptors (Lipinski definition) is 4. The Labute approximate surface area is 133 Å². The van der Waals surface area contributed by atoms with Crippen LogP contribution in [0.5, 0.6) is 11.5 Å². The second kappa shape index (κ2) is 8.03. The molecule has 5 nitrogen and oxygen atoms in total. The van der Waals surface area contributed by atoms with E-state index in [-0.39, 0.29) is 5.91 Å². The lowest BCUT2D eigenvalue weighted by atomic mass is 9.81. The van der Waals surface area contributed by atoms with Crippen molar-refractivity contribution in [1.82, 2.24) is 4.90 Å². The normalized spacial score (nSPS) is 11.2. The van der Waals surface area contributed by atoms with Crippen LogP contribution >= 0.6 is 0 Å². The summed E-state index contributed by atoms with van der Waals surface area (Å²) in [4.78, 5) is 14.5. The molecule has 1 rings (SSSR count). The minimum absolute atomic E-state index is 0.0814. The maximum atomic E-state index is 12.8. The quantitative estimate of drug-likeness (QED) is 0.801. The number of carbonyl (C=O) groups excluding carboxylic acids is 1. The molecule has 0 bridgehead atoms. The third-order valence-corrected chi connectivity index (χ3v) is 4.45. The SMILES string of the molecule is CCC(CC)(CN)C(=O)N(C)Cc1ccc(OC)cc1OC. The van der Waals surface area contributed by atoms with E-state index in [0.717, 1.165) is 24.2 Å². The first-order valence-electron chi connectivity index (χ1n) is 7.64. The smallest absolute Gasteiger partial charge is 0.230 e. The van der Waals surface area contributed by atoms with Gasteiger partial charge in [-0.1, -0.05) is 13.8 Å². The van der Waals surface area contributed by atoms with Crippen LogP contribution in [0.4, 0.5) is 0 Å². The first-order valence-corrected chi connectivity index (χ1v) is 7.64. The van der Waals surface area contributed by atoms with Crippen molar-refractivity contribution < 1.29 is 14.3 Å². The third kappa shape index (κ3) is 3.71. The number of ether oxygens (including phenoxy) is 2. The Bertz CT molecular complexity index is 490. The topological polar surface area (TPSA) is 64.8 Å². The summed E-state index contributed by atoms with van der Waals surface area (Å²) in [5.41, 5.74) is 6.33. The summed E-state index contributed by atoms with van der Waals surface area (Å²) in [6.07, 6.45) is 1.48. The average molecular weight is 308 g/mol. The summed E-state index contributed by atoms with van der Waals surface area (Å²) >= 11 is 0. The van der Waals surface area contributed by atoms with E-state index in [1.807, 2.05) is 39.1 Å². The molecule has 0 radical (unpaired) electrons. The molecule has 2 N–H and O–H groups in total. The molecule has 0 saturated carbocycles. The molecule has 5 heteroatoms. The highest BCUT2D eigenvalue weighted by Crippen LogP contribution is 2.30. The van der Waals surface area contributed by atoms with E-state index in [2.05, 4.69) is 0 Å². The minimum atomic E-state index is -0.478. The van der Waals surface area contributed by atoms with Crippen molar-refractivity contribution in [2.75, 3.05) is 27.8 Å². The predicted octanol–water partition coefficient (Wildman–Crippen LogP) is 2.43. The molecular formula is C17H28N2O3. The number of carbonyl (C=O) groups is 1. The Morgan fingerprint density at radius 2 is 1.86 bits per heavy atom. The maximum Gasteiger partial charge on any atom is 0.230 e. The number of nitrogens with two attached hydrogens (primary N) is 1. The minimum Gasteiger partial charge on any atom is -0.497 e. The van der Waals surface area contributed by atoms with Gasteiger partial charge >= 0.3 is 0 Å². The highest BCUT2D eigenvalue weighted by Gasteiger charge is 2.35. The molecule has 0 atom stereocenters. The standard InChI is InChI=1S/C17H28N2O3/c1-6-17(7-2,12-18)16(20)19(3)11-13-8-9-14(21-4)10-15(13)22-5/h8-10H,6-7,11-12,18H2,1-5H3. The zero-order chi connectivity index (χ0) is 16.8. The van der Waals surface area contributed by atoms with Crippen LogP contribution in [0.25, 0.3) is 0 Å². The lowest BCUT2D eigenvalue weighted by Crippen LogP contribution is -2.45. The fourth-order valence-corrected chi connectivity index (χ4v) is 2.64. The van der Waals surface area contributed by atoms with Gasteiger partial charge in [-0.15, -0.1) is 0 Å². The molecule has 0 aliphatic carbocycles. The highest BCUT2D eigenvalue weighted by molar-refractivity contribution is 5.82. The Morgan fingerprint density at radius 3 is 2.32 bits per heavy atom. The lowest BCUT2D eigenvalue weighted by Gasteiger charge is -2.33. The summed E-state index contributed by atoms with van der Waals surface area (Å²) in [6.45, 7) is 4.86. The van der Waals surface area contributed by atoms with Crippen LogP contribution < -0.4 is 15.2 Å². The number of benzene rings is 1. The van der Waals surface area contributed by atoms with E-state index in [0.29, 0.717) is 18.8 Å². The molecule has 0 aliphatic heterocycles. The number of amides is 1. The van der Waals surface area contributed by atoms with Crippen molar-refractivity contribution in [2.24, 2.45) is 11.1 Å². The summed E-state index contributed by atoms with van der Waals surface area (Å²) in [5.74, 6) is 1.52. The lowest BCUT2D eigenvalue weighted by molar-refractivity contribution is -0.141. The van der Waals surface area contributed by atoms with E-state index in [4.69, 9.17) is 15.2 Å². The predicted molar refractivity (Wildman–Crippen MR) is 88.1 cm³/mol. The Kier molecular flexibility index (Phi) is 6.68. The third-order valence-electron chi connectivity index (χ3n) is 4.45. The summed E-state index contributed by atoms with van der Waals surface area (Å²) in [7, 11) is 5.03. The molecule has 22 heavy (non-hydrogen) atoms. The van der Waals surface area contributed by atoms with Gasteiger partial charge in [0.05, 0.1) is 19.6 Å². The largest absolute Gasteiger partial charge is 0.497 e. The number of nitrogens with zero attached hydrogens (tertiary/aromatic N) is 1. The van der Waals surface area contributed by atoms with Crippen molar-refractivity contribution in [3.63, 3.8) is 0 Å². The summed E-state index contributed by atoms with van der Waals surface area (Å²) in [6, 6.07) is 5.61. The highest BCUT2D eigenvalue weighted by atomic mass is 16.5. The van der Waals surface area contributed by atoms with E-state index in [9.17, 15) is 4.79 Å². The van der Waals surface area contributed by atoms with Gasteiger partial charge in [-0.25, -0.2) is 0 Å². The van der Waals surface area contributed by atoms with E-state index in [1.165, 1.54) is 0 Å². The van der Waals surface area contributed by atoms with Gasteiger partial charge in [0.25, 0.3) is 0 Å². The van der Waals surface area contributed by atoms with E-state index >= 15 is 0 Å². The monoisotopic (exact) mass is 308 g/mol. The maximum absolute atomic E-state index is 12.8. The fourth-order valence-electron chi connectivity index (χ4n) is 2.64. The van der Waals surface area contributed by atoms with Crippen molar-refractivity contribution in [3.8, 4) is 11.5 Å². The Balaban J connectivity index is 2.97. The van der Waals surface area contributed by atoms with Crippen molar-refractivity contribution >= 4 is 5.91 Å². The van der Waals surface area contributed by atoms with Gasteiger partial charge in [-0.05, 0) is 25.0 Å². The Morgan fingerprint density at radius 1 is 1.23 bits per heavy atom. The van der Waals surface area contributed by atoms with E-state index in [1.54, 1.807) is 19.1 Å².